The standard InChI is InChI=1S/C22H25NO2.H2/c1-3-8-21(24)20-12-11-18(15-19(20)4-2)16-22(25)23-14-13-17-9-6-5-7-10-17;/h3,5-7,9-12,15H,1,4,8,13-14,16H2,2H3,(H,23,25);1H. The van der Waals surface area contributed by atoms with E-state index >= 15 is 0 Å². The molecule has 0 atom stereocenters. The monoisotopic (exact) mass is 337 g/mol. The lowest BCUT2D eigenvalue weighted by Gasteiger charge is -2.10. The Morgan fingerprint density at radius 1 is 1.12 bits per heavy atom. The SMILES string of the molecule is C=CCC(=O)c1ccc(CC(=O)NCCc2ccccc2)cc1CC.[HH]. The number of aryl methyl sites for hydroxylation is 1. The van der Waals surface area contributed by atoms with Crippen LogP contribution < -0.4 is 5.32 Å². The van der Waals surface area contributed by atoms with Crippen LogP contribution in [0.3, 0.4) is 0 Å². The van der Waals surface area contributed by atoms with Crippen LogP contribution in [0, 0.1) is 0 Å². The maximum Gasteiger partial charge on any atom is 0.224 e. The second kappa shape index (κ2) is 9.58. The number of allylic oxidation sites excluding steroid dienone is 1. The number of hydrogen-bond donors (Lipinski definition) is 1. The van der Waals surface area contributed by atoms with Gasteiger partial charge in [-0.25, -0.2) is 0 Å². The van der Waals surface area contributed by atoms with E-state index < -0.39 is 0 Å². The summed E-state index contributed by atoms with van der Waals surface area (Å²) in [5, 5.41) is 2.96. The van der Waals surface area contributed by atoms with Crippen molar-refractivity contribution in [2.24, 2.45) is 0 Å². The largest absolute Gasteiger partial charge is 0.355 e. The smallest absolute Gasteiger partial charge is 0.224 e. The maximum atomic E-state index is 12.1. The van der Waals surface area contributed by atoms with E-state index in [0.29, 0.717) is 19.4 Å². The fourth-order valence-corrected chi connectivity index (χ4v) is 2.80. The maximum absolute atomic E-state index is 12.1. The minimum Gasteiger partial charge on any atom is -0.355 e. The second-order valence-corrected chi connectivity index (χ2v) is 6.02. The van der Waals surface area contributed by atoms with Gasteiger partial charge in [-0.15, -0.1) is 6.58 Å². The Kier molecular flexibility index (Phi) is 7.15. The predicted molar refractivity (Wildman–Crippen MR) is 104 cm³/mol. The molecule has 3 heteroatoms. The normalized spacial score (nSPS) is 10.3. The molecule has 0 aliphatic carbocycles. The van der Waals surface area contributed by atoms with Gasteiger partial charge >= 0.3 is 0 Å². The Morgan fingerprint density at radius 2 is 1.88 bits per heavy atom. The van der Waals surface area contributed by atoms with Gasteiger partial charge in [-0.1, -0.05) is 61.5 Å². The highest BCUT2D eigenvalue weighted by Gasteiger charge is 2.11. The number of amides is 1. The van der Waals surface area contributed by atoms with Gasteiger partial charge in [-0.3, -0.25) is 9.59 Å². The Labute approximate surface area is 151 Å². The highest BCUT2D eigenvalue weighted by Crippen LogP contribution is 2.16. The van der Waals surface area contributed by atoms with Crippen molar-refractivity contribution in [3.8, 4) is 0 Å². The molecular formula is C22H27NO2. The second-order valence-electron chi connectivity index (χ2n) is 6.02. The van der Waals surface area contributed by atoms with E-state index in [1.165, 1.54) is 5.56 Å². The topological polar surface area (TPSA) is 46.2 Å². The third kappa shape index (κ3) is 5.71. The van der Waals surface area contributed by atoms with E-state index in [1.54, 1.807) is 6.08 Å². The first kappa shape index (κ1) is 18.7. The molecule has 3 nitrogen and oxygen atoms in total. The van der Waals surface area contributed by atoms with Gasteiger partial charge in [0.25, 0.3) is 0 Å². The number of Topliss-reactive ketones (excluding diaryl/α,β-unsaturated/α-hetero) is 1. The van der Waals surface area contributed by atoms with Gasteiger partial charge < -0.3 is 5.32 Å². The van der Waals surface area contributed by atoms with E-state index in [9.17, 15) is 9.59 Å². The molecular weight excluding hydrogens is 310 g/mol. The highest BCUT2D eigenvalue weighted by molar-refractivity contribution is 5.98. The molecule has 0 radical (unpaired) electrons. The molecule has 1 N–H and O–H groups in total. The highest BCUT2D eigenvalue weighted by atomic mass is 16.1. The van der Waals surface area contributed by atoms with E-state index in [1.807, 2.05) is 43.3 Å². The molecule has 25 heavy (non-hydrogen) atoms. The van der Waals surface area contributed by atoms with E-state index in [4.69, 9.17) is 0 Å². The minimum absolute atomic E-state index is 0. The number of nitrogens with one attached hydrogen (secondary N) is 1. The van der Waals surface area contributed by atoms with Crippen molar-refractivity contribution in [2.75, 3.05) is 6.54 Å². The van der Waals surface area contributed by atoms with Crippen molar-refractivity contribution < 1.29 is 11.0 Å². The predicted octanol–water partition coefficient (Wildman–Crippen LogP) is 4.16. The van der Waals surface area contributed by atoms with Crippen molar-refractivity contribution in [1.29, 1.82) is 0 Å². The first-order chi connectivity index (χ1) is 12.1. The summed E-state index contributed by atoms with van der Waals surface area (Å²) >= 11 is 0. The van der Waals surface area contributed by atoms with Crippen LogP contribution in [0.1, 0.15) is 41.8 Å². The lowest BCUT2D eigenvalue weighted by atomic mass is 9.96. The van der Waals surface area contributed by atoms with Crippen LogP contribution in [0.15, 0.2) is 61.2 Å². The van der Waals surface area contributed by atoms with Gasteiger partial charge in [0.15, 0.2) is 5.78 Å². The fraction of sp³-hybridized carbons (Fsp3) is 0.273. The van der Waals surface area contributed by atoms with Gasteiger partial charge in [-0.05, 0) is 29.5 Å². The summed E-state index contributed by atoms with van der Waals surface area (Å²) in [6.07, 6.45) is 3.88. The van der Waals surface area contributed by atoms with Crippen molar-refractivity contribution in [3.05, 3.63) is 83.4 Å². The molecule has 0 saturated carbocycles. The molecule has 1 amide bonds. The molecule has 0 aliphatic heterocycles. The van der Waals surface area contributed by atoms with Crippen molar-refractivity contribution in [2.45, 2.75) is 32.6 Å². The molecule has 2 rings (SSSR count). The molecule has 0 bridgehead atoms. The number of carbonyl (C=O) groups is 2. The van der Waals surface area contributed by atoms with Gasteiger partial charge in [0.05, 0.1) is 6.42 Å². The average Bonchev–Trinajstić information content (AvgIpc) is 2.62. The molecule has 2 aromatic carbocycles. The molecule has 0 heterocycles. The molecule has 0 spiro atoms. The van der Waals surface area contributed by atoms with Gasteiger partial charge in [0, 0.05) is 20.0 Å². The zero-order valence-corrected chi connectivity index (χ0v) is 14.8. The minimum atomic E-state index is 0. The number of ketones is 1. The van der Waals surface area contributed by atoms with Crippen LogP contribution in [0.25, 0.3) is 0 Å². The molecule has 0 saturated heterocycles. The Balaban J connectivity index is 0.00000338. The van der Waals surface area contributed by atoms with Crippen LogP contribution in [-0.2, 0) is 24.1 Å². The number of carbonyl (C=O) groups excluding carboxylic acids is 2. The summed E-state index contributed by atoms with van der Waals surface area (Å²) < 4.78 is 0. The first-order valence-corrected chi connectivity index (χ1v) is 8.70. The Bertz CT molecular complexity index is 741. The summed E-state index contributed by atoms with van der Waals surface area (Å²) in [6, 6.07) is 15.8. The van der Waals surface area contributed by atoms with Crippen molar-refractivity contribution >= 4 is 11.7 Å². The van der Waals surface area contributed by atoms with Gasteiger partial charge in [0.2, 0.25) is 5.91 Å². The van der Waals surface area contributed by atoms with E-state index in [-0.39, 0.29) is 13.1 Å². The number of hydrogen-bond acceptors (Lipinski definition) is 2. The molecule has 132 valence electrons. The summed E-state index contributed by atoms with van der Waals surface area (Å²) in [5.41, 5.74) is 3.86. The molecule has 0 unspecified atom stereocenters. The van der Waals surface area contributed by atoms with Crippen LogP contribution in [0.4, 0.5) is 0 Å². The fourth-order valence-electron chi connectivity index (χ4n) is 2.80. The zero-order valence-electron chi connectivity index (χ0n) is 14.8. The summed E-state index contributed by atoms with van der Waals surface area (Å²) in [5.74, 6) is 0.0777. The van der Waals surface area contributed by atoms with E-state index in [0.717, 1.165) is 29.5 Å². The average molecular weight is 337 g/mol. The summed E-state index contributed by atoms with van der Waals surface area (Å²) in [6.45, 7) is 6.26. The van der Waals surface area contributed by atoms with E-state index in [2.05, 4.69) is 24.0 Å². The van der Waals surface area contributed by atoms with Crippen molar-refractivity contribution in [1.82, 2.24) is 5.32 Å². The van der Waals surface area contributed by atoms with Crippen LogP contribution in [0.2, 0.25) is 0 Å². The van der Waals surface area contributed by atoms with Crippen LogP contribution in [0.5, 0.6) is 0 Å². The summed E-state index contributed by atoms with van der Waals surface area (Å²) in [4.78, 5) is 24.2. The Morgan fingerprint density at radius 3 is 2.56 bits per heavy atom. The van der Waals surface area contributed by atoms with Crippen LogP contribution in [-0.4, -0.2) is 18.2 Å². The van der Waals surface area contributed by atoms with Gasteiger partial charge in [-0.2, -0.15) is 0 Å². The Hall–Kier alpha value is -2.68. The molecule has 0 aliphatic rings. The lowest BCUT2D eigenvalue weighted by Crippen LogP contribution is -2.27. The molecule has 2 aromatic rings. The lowest BCUT2D eigenvalue weighted by molar-refractivity contribution is -0.120. The van der Waals surface area contributed by atoms with Crippen LogP contribution >= 0.6 is 0 Å². The molecule has 0 fully saturated rings. The first-order valence-electron chi connectivity index (χ1n) is 8.70. The molecule has 0 aromatic heterocycles. The van der Waals surface area contributed by atoms with Crippen molar-refractivity contribution in [3.63, 3.8) is 0 Å². The zero-order chi connectivity index (χ0) is 18.1. The van der Waals surface area contributed by atoms with Gasteiger partial charge in [0.1, 0.15) is 0 Å². The quantitative estimate of drug-likeness (QED) is 0.552. The third-order valence-corrected chi connectivity index (χ3v) is 4.12. The third-order valence-electron chi connectivity index (χ3n) is 4.12. The number of benzene rings is 2. The summed E-state index contributed by atoms with van der Waals surface area (Å²) in [7, 11) is 0. The number of rotatable bonds is 9.